The van der Waals surface area contributed by atoms with Gasteiger partial charge in [0.25, 0.3) is 0 Å². The molecule has 1 aliphatic heterocycles. The largest absolute Gasteiger partial charge is 0.353 e. The highest BCUT2D eigenvalue weighted by Gasteiger charge is 2.30. The van der Waals surface area contributed by atoms with Crippen molar-refractivity contribution in [2.24, 2.45) is 5.41 Å². The molecule has 5 heteroatoms. The van der Waals surface area contributed by atoms with E-state index in [-0.39, 0.29) is 17.9 Å². The molecule has 0 aliphatic carbocycles. The van der Waals surface area contributed by atoms with Crippen molar-refractivity contribution in [3.8, 4) is 0 Å². The Hall–Kier alpha value is -0.770. The van der Waals surface area contributed by atoms with Crippen LogP contribution >= 0.6 is 11.6 Å². The third-order valence-corrected chi connectivity index (χ3v) is 4.10. The van der Waals surface area contributed by atoms with Gasteiger partial charge in [-0.25, -0.2) is 0 Å². The average Bonchev–Trinajstić information content (AvgIpc) is 2.38. The molecular weight excluding hydrogens is 252 g/mol. The van der Waals surface area contributed by atoms with E-state index in [9.17, 15) is 9.59 Å². The zero-order valence-corrected chi connectivity index (χ0v) is 12.2. The molecule has 1 aliphatic rings. The number of alkyl halides is 1. The van der Waals surface area contributed by atoms with E-state index in [1.165, 1.54) is 0 Å². The molecule has 1 heterocycles. The molecule has 0 aromatic carbocycles. The summed E-state index contributed by atoms with van der Waals surface area (Å²) in [6, 6.07) is 0.167. The molecule has 2 amide bonds. The van der Waals surface area contributed by atoms with Gasteiger partial charge in [0, 0.05) is 31.4 Å². The van der Waals surface area contributed by atoms with Gasteiger partial charge in [-0.2, -0.15) is 0 Å². The van der Waals surface area contributed by atoms with Gasteiger partial charge in [0.2, 0.25) is 11.8 Å². The van der Waals surface area contributed by atoms with E-state index in [0.29, 0.717) is 12.3 Å². The van der Waals surface area contributed by atoms with Gasteiger partial charge in [0.1, 0.15) is 0 Å². The van der Waals surface area contributed by atoms with Gasteiger partial charge >= 0.3 is 0 Å². The topological polar surface area (TPSA) is 49.4 Å². The molecule has 0 radical (unpaired) electrons. The first-order valence-corrected chi connectivity index (χ1v) is 7.09. The smallest absolute Gasteiger partial charge is 0.227 e. The van der Waals surface area contributed by atoms with E-state index in [4.69, 9.17) is 11.6 Å². The summed E-state index contributed by atoms with van der Waals surface area (Å²) in [5.41, 5.74) is -0.530. The van der Waals surface area contributed by atoms with Gasteiger partial charge in [0.15, 0.2) is 0 Å². The summed E-state index contributed by atoms with van der Waals surface area (Å²) < 4.78 is 0. The maximum Gasteiger partial charge on any atom is 0.227 e. The molecule has 0 atom stereocenters. The second kappa shape index (κ2) is 6.41. The fraction of sp³-hybridized carbons (Fsp3) is 0.846. The van der Waals surface area contributed by atoms with E-state index < -0.39 is 5.41 Å². The Labute approximate surface area is 114 Å². The molecule has 0 unspecified atom stereocenters. The lowest BCUT2D eigenvalue weighted by Gasteiger charge is -2.34. The molecule has 0 saturated carbocycles. The molecule has 18 heavy (non-hydrogen) atoms. The summed E-state index contributed by atoms with van der Waals surface area (Å²) in [4.78, 5) is 25.4. The lowest BCUT2D eigenvalue weighted by atomic mass is 9.93. The summed E-state index contributed by atoms with van der Waals surface area (Å²) in [7, 11) is 0. The van der Waals surface area contributed by atoms with Crippen LogP contribution in [0.15, 0.2) is 0 Å². The van der Waals surface area contributed by atoms with E-state index in [1.807, 2.05) is 25.7 Å². The van der Waals surface area contributed by atoms with Crippen LogP contribution in [0, 0.1) is 5.41 Å². The van der Waals surface area contributed by atoms with E-state index in [2.05, 4.69) is 5.32 Å². The highest BCUT2D eigenvalue weighted by atomic mass is 35.5. The summed E-state index contributed by atoms with van der Waals surface area (Å²) in [6.07, 6.45) is 2.21. The van der Waals surface area contributed by atoms with Crippen molar-refractivity contribution < 1.29 is 9.59 Å². The van der Waals surface area contributed by atoms with Crippen LogP contribution in [0.5, 0.6) is 0 Å². The molecule has 104 valence electrons. The zero-order valence-electron chi connectivity index (χ0n) is 11.5. The number of carbonyl (C=O) groups is 2. The fourth-order valence-corrected chi connectivity index (χ4v) is 2.06. The SMILES string of the molecule is CCC(=O)N1CCC(NC(=O)C(C)(C)CCl)CC1. The van der Waals surface area contributed by atoms with Gasteiger partial charge in [-0.05, 0) is 26.7 Å². The summed E-state index contributed by atoms with van der Waals surface area (Å²) in [6.45, 7) is 7.02. The minimum atomic E-state index is -0.530. The van der Waals surface area contributed by atoms with Crippen LogP contribution in [0.2, 0.25) is 0 Å². The maximum absolute atomic E-state index is 12.0. The lowest BCUT2D eigenvalue weighted by Crippen LogP contribution is -2.49. The first-order chi connectivity index (χ1) is 8.40. The van der Waals surface area contributed by atoms with Crippen LogP contribution in [-0.2, 0) is 9.59 Å². The third kappa shape index (κ3) is 3.87. The molecule has 1 fully saturated rings. The second-order valence-electron chi connectivity index (χ2n) is 5.50. The van der Waals surface area contributed by atoms with Crippen molar-refractivity contribution in [1.29, 1.82) is 0 Å². The Kier molecular flexibility index (Phi) is 5.45. The molecule has 0 aromatic rings. The first-order valence-electron chi connectivity index (χ1n) is 6.55. The van der Waals surface area contributed by atoms with Crippen molar-refractivity contribution >= 4 is 23.4 Å². The highest BCUT2D eigenvalue weighted by molar-refractivity contribution is 6.19. The van der Waals surface area contributed by atoms with Crippen molar-refractivity contribution in [1.82, 2.24) is 10.2 Å². The first kappa shape index (κ1) is 15.3. The van der Waals surface area contributed by atoms with Crippen molar-refractivity contribution in [3.63, 3.8) is 0 Å². The third-order valence-electron chi connectivity index (χ3n) is 3.43. The average molecular weight is 275 g/mol. The maximum atomic E-state index is 12.0. The quantitative estimate of drug-likeness (QED) is 0.795. The molecule has 1 rings (SSSR count). The Bertz CT molecular complexity index is 310. The normalized spacial score (nSPS) is 17.7. The molecule has 1 N–H and O–H groups in total. The van der Waals surface area contributed by atoms with Crippen LogP contribution in [0.1, 0.15) is 40.0 Å². The van der Waals surface area contributed by atoms with E-state index in [1.54, 1.807) is 0 Å². The molecule has 0 aromatic heterocycles. The van der Waals surface area contributed by atoms with Crippen molar-refractivity contribution in [3.05, 3.63) is 0 Å². The monoisotopic (exact) mass is 274 g/mol. The summed E-state index contributed by atoms with van der Waals surface area (Å²) >= 11 is 5.78. The lowest BCUT2D eigenvalue weighted by molar-refractivity contribution is -0.132. The standard InChI is InChI=1S/C13H23ClN2O2/c1-4-11(17)16-7-5-10(6-8-16)15-12(18)13(2,3)9-14/h10H,4-9H2,1-3H3,(H,15,18). The molecule has 4 nitrogen and oxygen atoms in total. The van der Waals surface area contributed by atoms with Gasteiger partial charge in [0.05, 0.1) is 5.41 Å². The van der Waals surface area contributed by atoms with Gasteiger partial charge in [-0.3, -0.25) is 9.59 Å². The number of piperidine rings is 1. The van der Waals surface area contributed by atoms with Gasteiger partial charge in [-0.15, -0.1) is 11.6 Å². The number of nitrogens with one attached hydrogen (secondary N) is 1. The predicted octanol–water partition coefficient (Wildman–Crippen LogP) is 1.77. The fourth-order valence-electron chi connectivity index (χ4n) is 1.94. The number of halogens is 1. The van der Waals surface area contributed by atoms with Crippen molar-refractivity contribution in [2.45, 2.75) is 46.1 Å². The zero-order chi connectivity index (χ0) is 13.8. The van der Waals surface area contributed by atoms with Crippen LogP contribution in [0.3, 0.4) is 0 Å². The highest BCUT2D eigenvalue weighted by Crippen LogP contribution is 2.19. The molecule has 1 saturated heterocycles. The minimum Gasteiger partial charge on any atom is -0.353 e. The van der Waals surface area contributed by atoms with Crippen LogP contribution < -0.4 is 5.32 Å². The Morgan fingerprint density at radius 1 is 1.33 bits per heavy atom. The number of carbonyl (C=O) groups excluding carboxylic acids is 2. The van der Waals surface area contributed by atoms with E-state index in [0.717, 1.165) is 25.9 Å². The second-order valence-corrected chi connectivity index (χ2v) is 5.77. The molecule has 0 spiro atoms. The number of hydrogen-bond acceptors (Lipinski definition) is 2. The molecular formula is C13H23ClN2O2. The Morgan fingerprint density at radius 3 is 2.33 bits per heavy atom. The number of likely N-dealkylation sites (tertiary alicyclic amines) is 1. The van der Waals surface area contributed by atoms with Crippen molar-refractivity contribution in [2.75, 3.05) is 19.0 Å². The Morgan fingerprint density at radius 2 is 1.89 bits per heavy atom. The molecule has 0 bridgehead atoms. The number of amides is 2. The number of hydrogen-bond donors (Lipinski definition) is 1. The van der Waals surface area contributed by atoms with E-state index >= 15 is 0 Å². The minimum absolute atomic E-state index is 0.00207. The van der Waals surface area contributed by atoms with Crippen LogP contribution in [-0.4, -0.2) is 41.7 Å². The van der Waals surface area contributed by atoms with Crippen LogP contribution in [0.4, 0.5) is 0 Å². The van der Waals surface area contributed by atoms with Crippen LogP contribution in [0.25, 0.3) is 0 Å². The summed E-state index contributed by atoms with van der Waals surface area (Å²) in [5, 5.41) is 3.03. The van der Waals surface area contributed by atoms with Gasteiger partial charge in [-0.1, -0.05) is 6.92 Å². The Balaban J connectivity index is 2.40. The predicted molar refractivity (Wildman–Crippen MR) is 72.5 cm³/mol. The van der Waals surface area contributed by atoms with Gasteiger partial charge < -0.3 is 10.2 Å². The number of nitrogens with zero attached hydrogens (tertiary/aromatic N) is 1. The number of rotatable bonds is 4. The summed E-state index contributed by atoms with van der Waals surface area (Å²) in [5.74, 6) is 0.505.